The summed E-state index contributed by atoms with van der Waals surface area (Å²) < 4.78 is 28.8. The third-order valence-corrected chi connectivity index (χ3v) is 7.18. The number of carbonyl (C=O) groups excluding carboxylic acids is 4. The van der Waals surface area contributed by atoms with Crippen LogP contribution >= 0.6 is 11.6 Å². The van der Waals surface area contributed by atoms with Gasteiger partial charge < -0.3 is 23.7 Å². The summed E-state index contributed by atoms with van der Waals surface area (Å²) in [5.41, 5.74) is 0.848. The molecule has 0 unspecified atom stereocenters. The topological polar surface area (TPSA) is 114 Å². The van der Waals surface area contributed by atoms with Crippen LogP contribution in [-0.2, 0) is 23.7 Å². The second-order valence-corrected chi connectivity index (χ2v) is 10.4. The fourth-order valence-corrected chi connectivity index (χ4v) is 4.77. The lowest BCUT2D eigenvalue weighted by Crippen LogP contribution is -2.63. The van der Waals surface area contributed by atoms with E-state index in [2.05, 4.69) is 0 Å². The highest BCUT2D eigenvalue weighted by atomic mass is 35.5. The maximum absolute atomic E-state index is 13.3. The third-order valence-electron chi connectivity index (χ3n) is 6.75. The number of carbonyl (C=O) groups is 4. The van der Waals surface area contributed by atoms with Crippen LogP contribution in [0.5, 0.6) is 0 Å². The monoisotopic (exact) mass is 614 g/mol. The van der Waals surface area contributed by atoms with Crippen LogP contribution in [0.3, 0.4) is 0 Å². The van der Waals surface area contributed by atoms with E-state index < -0.39 is 53.9 Å². The summed E-state index contributed by atoms with van der Waals surface area (Å²) in [5.74, 6) is -3.06. The van der Waals surface area contributed by atoms with Crippen molar-refractivity contribution < 1.29 is 42.9 Å². The Balaban J connectivity index is 1.48. The largest absolute Gasteiger partial charge is 0.457 e. The molecule has 1 aliphatic heterocycles. The molecule has 4 aromatic carbocycles. The fourth-order valence-electron chi connectivity index (χ4n) is 4.48. The van der Waals surface area contributed by atoms with E-state index in [4.69, 9.17) is 35.3 Å². The zero-order chi connectivity index (χ0) is 30.9. The SMILES string of the molecule is O=C(OC[C@@]1(Cl)OC[C@H](OC(=O)c2ccccc2)[C@@H](OC(=O)c2ccccc2)[C@@H]1OC(=O)c1ccccc1)c1ccccc1. The molecule has 0 spiro atoms. The molecule has 1 saturated heterocycles. The van der Waals surface area contributed by atoms with Crippen molar-refractivity contribution in [2.75, 3.05) is 13.2 Å². The van der Waals surface area contributed by atoms with Crippen molar-refractivity contribution in [2.45, 2.75) is 23.4 Å². The molecule has 4 aromatic rings. The van der Waals surface area contributed by atoms with Crippen molar-refractivity contribution in [1.82, 2.24) is 0 Å². The van der Waals surface area contributed by atoms with Gasteiger partial charge in [-0.3, -0.25) is 0 Å². The van der Waals surface area contributed by atoms with Gasteiger partial charge >= 0.3 is 23.9 Å². The summed E-state index contributed by atoms with van der Waals surface area (Å²) in [5, 5.41) is -2.04. The first-order valence-corrected chi connectivity index (χ1v) is 14.0. The van der Waals surface area contributed by atoms with Gasteiger partial charge in [0, 0.05) is 0 Å². The predicted octanol–water partition coefficient (Wildman–Crippen LogP) is 5.49. The zero-order valence-electron chi connectivity index (χ0n) is 23.2. The highest BCUT2D eigenvalue weighted by Gasteiger charge is 2.57. The molecule has 4 atom stereocenters. The minimum Gasteiger partial charge on any atom is -0.457 e. The Kier molecular flexibility index (Phi) is 9.69. The molecule has 0 aromatic heterocycles. The summed E-state index contributed by atoms with van der Waals surface area (Å²) in [6.07, 6.45) is -4.33. The second kappa shape index (κ2) is 14.0. The Hall–Kier alpha value is -4.99. The van der Waals surface area contributed by atoms with Crippen LogP contribution in [0.25, 0.3) is 0 Å². The molecule has 0 radical (unpaired) electrons. The molecule has 44 heavy (non-hydrogen) atoms. The van der Waals surface area contributed by atoms with Crippen LogP contribution in [0.4, 0.5) is 0 Å². The van der Waals surface area contributed by atoms with Crippen LogP contribution in [0.15, 0.2) is 121 Å². The molecule has 5 rings (SSSR count). The minimum absolute atomic E-state index is 0.171. The quantitative estimate of drug-likeness (QED) is 0.137. The summed E-state index contributed by atoms with van der Waals surface area (Å²) in [6, 6.07) is 32.5. The van der Waals surface area contributed by atoms with E-state index in [9.17, 15) is 19.2 Å². The molecule has 0 bridgehead atoms. The Morgan fingerprint density at radius 2 is 0.977 bits per heavy atom. The second-order valence-electron chi connectivity index (χ2n) is 9.78. The lowest BCUT2D eigenvalue weighted by molar-refractivity contribution is -0.214. The van der Waals surface area contributed by atoms with Gasteiger partial charge in [0.05, 0.1) is 28.9 Å². The Morgan fingerprint density at radius 1 is 0.591 bits per heavy atom. The van der Waals surface area contributed by atoms with E-state index in [1.165, 1.54) is 24.3 Å². The van der Waals surface area contributed by atoms with Gasteiger partial charge in [-0.25, -0.2) is 19.2 Å². The molecule has 1 heterocycles. The highest BCUT2D eigenvalue weighted by molar-refractivity contribution is 6.24. The van der Waals surface area contributed by atoms with Crippen LogP contribution in [0.2, 0.25) is 0 Å². The van der Waals surface area contributed by atoms with E-state index in [1.807, 2.05) is 0 Å². The Bertz CT molecular complexity index is 1580. The molecule has 0 amide bonds. The van der Waals surface area contributed by atoms with Gasteiger partial charge in [0.2, 0.25) is 5.06 Å². The van der Waals surface area contributed by atoms with Gasteiger partial charge in [0.1, 0.15) is 6.61 Å². The van der Waals surface area contributed by atoms with Crippen molar-refractivity contribution in [3.05, 3.63) is 144 Å². The summed E-state index contributed by atoms with van der Waals surface area (Å²) in [7, 11) is 0. The van der Waals surface area contributed by atoms with Crippen molar-refractivity contribution in [3.8, 4) is 0 Å². The third kappa shape index (κ3) is 7.31. The van der Waals surface area contributed by atoms with Crippen molar-refractivity contribution in [3.63, 3.8) is 0 Å². The number of esters is 4. The van der Waals surface area contributed by atoms with Crippen LogP contribution in [0, 0.1) is 0 Å². The number of hydrogen-bond donors (Lipinski definition) is 0. The van der Waals surface area contributed by atoms with Gasteiger partial charge in [0.25, 0.3) is 0 Å². The molecular weight excluding hydrogens is 588 g/mol. The molecular formula is C34H27ClO9. The van der Waals surface area contributed by atoms with Crippen LogP contribution in [0.1, 0.15) is 41.4 Å². The molecule has 1 fully saturated rings. The first kappa shape index (κ1) is 30.5. The number of hydrogen-bond acceptors (Lipinski definition) is 9. The Morgan fingerprint density at radius 3 is 1.43 bits per heavy atom. The van der Waals surface area contributed by atoms with Crippen molar-refractivity contribution in [2.24, 2.45) is 0 Å². The molecule has 0 N–H and O–H groups in total. The lowest BCUT2D eigenvalue weighted by atomic mass is 9.98. The number of benzene rings is 4. The fraction of sp³-hybridized carbons (Fsp3) is 0.176. The summed E-state index contributed by atoms with van der Waals surface area (Å²) >= 11 is 6.94. The maximum atomic E-state index is 13.3. The average molecular weight is 615 g/mol. The lowest BCUT2D eigenvalue weighted by Gasteiger charge is -2.44. The molecule has 1 aliphatic rings. The van der Waals surface area contributed by atoms with E-state index in [0.717, 1.165) is 0 Å². The zero-order valence-corrected chi connectivity index (χ0v) is 24.0. The van der Waals surface area contributed by atoms with Gasteiger partial charge in [-0.2, -0.15) is 0 Å². The first-order chi connectivity index (χ1) is 21.3. The standard InChI is InChI=1S/C34H27ClO9/c35-34(22-40-30(36)23-13-5-1-6-14-23)29(44-33(39)26-19-11-4-12-20-26)28(43-32(38)25-17-9-3-10-18-25)27(21-41-34)42-31(37)24-15-7-2-8-16-24/h1-20,27-29H,21-22H2/t27-,28+,29-,34+/m0/s1. The van der Waals surface area contributed by atoms with E-state index >= 15 is 0 Å². The van der Waals surface area contributed by atoms with E-state index in [1.54, 1.807) is 97.1 Å². The number of alkyl halides is 1. The highest BCUT2D eigenvalue weighted by Crippen LogP contribution is 2.37. The molecule has 0 aliphatic carbocycles. The number of ether oxygens (including phenoxy) is 5. The number of halogens is 1. The van der Waals surface area contributed by atoms with Gasteiger partial charge in [0.15, 0.2) is 18.3 Å². The molecule has 10 heteroatoms. The molecule has 0 saturated carbocycles. The van der Waals surface area contributed by atoms with E-state index in [-0.39, 0.29) is 28.9 Å². The first-order valence-electron chi connectivity index (χ1n) is 13.7. The van der Waals surface area contributed by atoms with Gasteiger partial charge in [-0.05, 0) is 48.5 Å². The smallest absolute Gasteiger partial charge is 0.338 e. The maximum Gasteiger partial charge on any atom is 0.338 e. The molecule has 9 nitrogen and oxygen atoms in total. The Labute approximate surface area is 258 Å². The van der Waals surface area contributed by atoms with E-state index in [0.29, 0.717) is 0 Å². The molecule has 224 valence electrons. The van der Waals surface area contributed by atoms with Gasteiger partial charge in [-0.15, -0.1) is 0 Å². The average Bonchev–Trinajstić information content (AvgIpc) is 3.08. The van der Waals surface area contributed by atoms with Crippen molar-refractivity contribution >= 4 is 35.5 Å². The predicted molar refractivity (Wildman–Crippen MR) is 158 cm³/mol. The van der Waals surface area contributed by atoms with Gasteiger partial charge in [-0.1, -0.05) is 84.4 Å². The summed E-state index contributed by atoms with van der Waals surface area (Å²) in [6.45, 7) is -0.981. The summed E-state index contributed by atoms with van der Waals surface area (Å²) in [4.78, 5) is 52.5. The normalized spacial score (nSPS) is 21.0. The van der Waals surface area contributed by atoms with Crippen LogP contribution in [-0.4, -0.2) is 60.5 Å². The minimum atomic E-state index is -2.04. The van der Waals surface area contributed by atoms with Crippen molar-refractivity contribution in [1.29, 1.82) is 0 Å². The number of rotatable bonds is 9. The van der Waals surface area contributed by atoms with Crippen LogP contribution < -0.4 is 0 Å².